The van der Waals surface area contributed by atoms with E-state index in [9.17, 15) is 63.1 Å². The molecule has 2 aromatic heterocycles. The van der Waals surface area contributed by atoms with Crippen LogP contribution in [0.1, 0.15) is 31.8 Å². The molecule has 64 heavy (non-hydrogen) atoms. The largest absolute Gasteiger partial charge is 0.481 e. The van der Waals surface area contributed by atoms with Crippen LogP contribution >= 0.6 is 0 Å². The fraction of sp³-hybridized carbons (Fsp3) is 0.250. The second-order valence-corrected chi connectivity index (χ2v) is 19.1. The average Bonchev–Trinajstić information content (AvgIpc) is 3.20. The first-order chi connectivity index (χ1) is 29.7. The molecule has 8 N–H and O–H groups in total. The molecule has 0 saturated carbocycles. The minimum Gasteiger partial charge on any atom is -0.481 e. The maximum atomic E-state index is 12.7. The quantitative estimate of drug-likeness (QED) is 0.0623. The molecule has 0 aliphatic heterocycles. The van der Waals surface area contributed by atoms with Gasteiger partial charge in [0.2, 0.25) is 55.5 Å². The number of hydrogen-bond acceptors (Lipinski definition) is 20. The molecule has 28 nitrogen and oxygen atoms in total. The molecule has 32 heteroatoms. The van der Waals surface area contributed by atoms with E-state index in [0.717, 1.165) is 36.8 Å². The molecule has 0 unspecified atom stereocenters. The molecule has 2 heterocycles. The van der Waals surface area contributed by atoms with Gasteiger partial charge < -0.3 is 29.2 Å². The number of benzene rings is 2. The second-order valence-electron chi connectivity index (χ2n) is 12.1. The van der Waals surface area contributed by atoms with Crippen LogP contribution < -0.4 is 48.5 Å². The molecular weight excluding hydrogens is 941 g/mol. The zero-order chi connectivity index (χ0) is 48.2. The van der Waals surface area contributed by atoms with Crippen LogP contribution in [-0.4, -0.2) is 129 Å². The number of aromatic nitrogens is 4. The highest BCUT2D eigenvalue weighted by molar-refractivity contribution is 7.90. The Balaban J connectivity index is 0.000000340. The van der Waals surface area contributed by atoms with Gasteiger partial charge in [-0.15, -0.1) is 0 Å². The number of carbonyl (C=O) groups excluding carboxylic acids is 2. The molecule has 0 fully saturated rings. The summed E-state index contributed by atoms with van der Waals surface area (Å²) < 4.78 is 123. The summed E-state index contributed by atoms with van der Waals surface area (Å²) in [6, 6.07) is 6.32. The van der Waals surface area contributed by atoms with Gasteiger partial charge in [0, 0.05) is 13.1 Å². The van der Waals surface area contributed by atoms with Gasteiger partial charge in [-0.3, -0.25) is 10.6 Å². The summed E-state index contributed by atoms with van der Waals surface area (Å²) in [6.45, 7) is -0.601. The van der Waals surface area contributed by atoms with Crippen LogP contribution in [0.25, 0.3) is 0 Å². The Morgan fingerprint density at radius 1 is 0.516 bits per heavy atom. The molecular formula is C32H38N10O18S4. The van der Waals surface area contributed by atoms with Crippen LogP contribution in [0.2, 0.25) is 0 Å². The number of aromatic carboxylic acids is 2. The molecule has 0 spiro atoms. The Morgan fingerprint density at radius 2 is 0.812 bits per heavy atom. The van der Waals surface area contributed by atoms with Crippen LogP contribution in [0.3, 0.4) is 0 Å². The van der Waals surface area contributed by atoms with Gasteiger partial charge in [0.15, 0.2) is 0 Å². The number of sulfonamides is 4. The molecule has 0 atom stereocenters. The first-order valence-corrected chi connectivity index (χ1v) is 23.7. The molecule has 2 aromatic carbocycles. The zero-order valence-electron chi connectivity index (χ0n) is 33.9. The topological polar surface area (TPSA) is 406 Å². The lowest BCUT2D eigenvalue weighted by Crippen LogP contribution is -2.35. The lowest BCUT2D eigenvalue weighted by molar-refractivity contribution is 0.0682. The number of urea groups is 2. The molecule has 348 valence electrons. The van der Waals surface area contributed by atoms with E-state index < -0.39 is 85.0 Å². The van der Waals surface area contributed by atoms with Gasteiger partial charge in [0.05, 0.1) is 64.2 Å². The van der Waals surface area contributed by atoms with Gasteiger partial charge >= 0.3 is 24.0 Å². The highest BCUT2D eigenvalue weighted by atomic mass is 32.2. The summed E-state index contributed by atoms with van der Waals surface area (Å²) in [5.74, 6) is -3.76. The minimum atomic E-state index is -4.70. The highest BCUT2D eigenvalue weighted by Gasteiger charge is 2.27. The van der Waals surface area contributed by atoms with E-state index in [1.165, 1.54) is 52.7 Å². The number of ether oxygens (including phenoxy) is 4. The van der Waals surface area contributed by atoms with Gasteiger partial charge in [-0.1, -0.05) is 12.1 Å². The first kappa shape index (κ1) is 51.4. The Hall–Kier alpha value is -7.00. The maximum absolute atomic E-state index is 12.7. The summed E-state index contributed by atoms with van der Waals surface area (Å²) in [5.41, 5.74) is -0.982. The fourth-order valence-electron chi connectivity index (χ4n) is 4.53. The van der Waals surface area contributed by atoms with E-state index in [1.807, 2.05) is 0 Å². The smallest absolute Gasteiger partial charge is 0.337 e. The summed E-state index contributed by atoms with van der Waals surface area (Å²) in [7, 11) is -11.4. The van der Waals surface area contributed by atoms with Crippen LogP contribution in [0, 0.1) is 0 Å². The number of methoxy groups -OCH3 is 4. The van der Waals surface area contributed by atoms with Crippen molar-refractivity contribution in [3.05, 3.63) is 70.8 Å². The monoisotopic (exact) mass is 978 g/mol. The van der Waals surface area contributed by atoms with Crippen molar-refractivity contribution in [3.8, 4) is 23.5 Å². The normalized spacial score (nSPS) is 11.5. The number of hydrogen-bond donors (Lipinski definition) is 8. The molecule has 0 radical (unpaired) electrons. The van der Waals surface area contributed by atoms with Crippen molar-refractivity contribution in [2.24, 2.45) is 0 Å². The van der Waals surface area contributed by atoms with Crippen LogP contribution in [0.5, 0.6) is 23.5 Å². The minimum absolute atomic E-state index is 0.0225. The third kappa shape index (κ3) is 15.7. The van der Waals surface area contributed by atoms with Crippen LogP contribution in [-0.2, 0) is 53.2 Å². The Kier molecular flexibility index (Phi) is 17.2. The fourth-order valence-corrected chi connectivity index (χ4v) is 7.70. The zero-order valence-corrected chi connectivity index (χ0v) is 37.1. The number of nitrogens with zero attached hydrogens (tertiary/aromatic N) is 4. The number of carboxylic acid groups (broad SMARTS) is 2. The first-order valence-electron chi connectivity index (χ1n) is 16.9. The molecule has 4 aromatic rings. The van der Waals surface area contributed by atoms with Crippen molar-refractivity contribution in [2.75, 3.05) is 51.6 Å². The molecule has 0 aliphatic carbocycles. The van der Waals surface area contributed by atoms with Crippen molar-refractivity contribution >= 4 is 76.0 Å². The Morgan fingerprint density at radius 3 is 1.06 bits per heavy atom. The van der Waals surface area contributed by atoms with Crippen molar-refractivity contribution in [2.45, 2.75) is 22.9 Å². The lowest BCUT2D eigenvalue weighted by Gasteiger charge is -2.12. The van der Waals surface area contributed by atoms with Crippen molar-refractivity contribution in [1.29, 1.82) is 0 Å². The predicted octanol–water partition coefficient (Wildman–Crippen LogP) is -0.497. The van der Waals surface area contributed by atoms with E-state index in [-0.39, 0.29) is 59.6 Å². The summed E-state index contributed by atoms with van der Waals surface area (Å²) in [4.78, 5) is 61.1. The third-order valence-electron chi connectivity index (χ3n) is 7.31. The average molecular weight is 979 g/mol. The number of carbonyl (C=O) groups is 4. The van der Waals surface area contributed by atoms with E-state index in [1.54, 1.807) is 9.44 Å². The Labute approximate surface area is 364 Å². The van der Waals surface area contributed by atoms with Gasteiger partial charge in [-0.2, -0.15) is 19.9 Å². The van der Waals surface area contributed by atoms with Gasteiger partial charge in [-0.05, 0) is 35.4 Å². The number of anilines is 2. The van der Waals surface area contributed by atoms with Crippen LogP contribution in [0.4, 0.5) is 21.5 Å². The van der Waals surface area contributed by atoms with E-state index in [2.05, 4.69) is 40.0 Å². The molecule has 0 saturated heterocycles. The van der Waals surface area contributed by atoms with Crippen LogP contribution in [0.15, 0.2) is 58.3 Å². The Bertz CT molecular complexity index is 2640. The molecule has 4 amide bonds. The van der Waals surface area contributed by atoms with Crippen molar-refractivity contribution < 1.29 is 82.0 Å². The third-order valence-corrected chi connectivity index (χ3v) is 11.4. The predicted molar refractivity (Wildman–Crippen MR) is 219 cm³/mol. The summed E-state index contributed by atoms with van der Waals surface area (Å²) in [5, 5.41) is 22.8. The van der Waals surface area contributed by atoms with E-state index >= 15 is 0 Å². The number of rotatable bonds is 18. The second kappa shape index (κ2) is 21.4. The maximum Gasteiger partial charge on any atom is 0.337 e. The lowest BCUT2D eigenvalue weighted by atomic mass is 10.1. The van der Waals surface area contributed by atoms with Gasteiger partial charge in [0.25, 0.3) is 20.0 Å². The van der Waals surface area contributed by atoms with Crippen molar-refractivity contribution in [1.82, 2.24) is 38.8 Å². The van der Waals surface area contributed by atoms with Gasteiger partial charge in [-0.25, -0.2) is 71.7 Å². The molecule has 0 aliphatic rings. The van der Waals surface area contributed by atoms with Crippen molar-refractivity contribution in [3.63, 3.8) is 0 Å². The summed E-state index contributed by atoms with van der Waals surface area (Å²) in [6.07, 6.45) is 1.80. The van der Waals surface area contributed by atoms with E-state index in [0.29, 0.717) is 0 Å². The number of nitrogens with one attached hydrogen (secondary N) is 6. The SMILES string of the molecule is COc1cc(OC)nc(NC(=O)NS(=O)(=O)c2cc(CNS(C)(=O)=O)ccc2C(=O)O)n1.COc1cc(OC)nc(NC(=O)NS(=O)(=O)c2cc(CNS(C)(=O)=O)ccc2C(=O)O)n1. The number of carboxylic acids is 2. The standard InChI is InChI=1S/2C16H19N5O9S2/c2*1-29-12-7-13(30-2)19-15(18-12)20-16(24)21-32(27,28)11-6-9(8-17-31(3,25)26)4-5-10(11)14(22)23/h2*4-7,17H,8H2,1-3H3,(H,22,23)(H2,18,19,20,21,24). The van der Waals surface area contributed by atoms with E-state index in [4.69, 9.17) is 18.9 Å². The molecule has 0 bridgehead atoms. The number of amides is 4. The molecule has 4 rings (SSSR count). The van der Waals surface area contributed by atoms with Gasteiger partial charge in [0.1, 0.15) is 9.79 Å². The highest BCUT2D eigenvalue weighted by Crippen LogP contribution is 2.22. The summed E-state index contributed by atoms with van der Waals surface area (Å²) >= 11 is 0.